The van der Waals surface area contributed by atoms with Crippen LogP contribution in [0.4, 0.5) is 4.39 Å². The van der Waals surface area contributed by atoms with Crippen LogP contribution in [0.3, 0.4) is 0 Å². The Kier molecular flexibility index (Phi) is 3.34. The number of rotatable bonds is 3. The molecule has 1 heterocycles. The first-order valence-electron chi connectivity index (χ1n) is 5.29. The van der Waals surface area contributed by atoms with Crippen LogP contribution in [-0.4, -0.2) is 15.6 Å². The maximum atomic E-state index is 13.4. The maximum Gasteiger partial charge on any atom is 0.124 e. The molecule has 0 aliphatic rings. The van der Waals surface area contributed by atoms with Crippen molar-refractivity contribution in [2.75, 3.05) is 0 Å². The molecule has 1 aromatic heterocycles. The number of amidine groups is 1. The number of hydrogen-bond acceptors (Lipinski definition) is 2. The Morgan fingerprint density at radius 2 is 2.22 bits per heavy atom. The highest BCUT2D eigenvalue weighted by Crippen LogP contribution is 2.16. The molecule has 0 unspecified atom stereocenters. The van der Waals surface area contributed by atoms with Crippen LogP contribution >= 0.6 is 11.6 Å². The number of benzene rings is 1. The first-order chi connectivity index (χ1) is 8.47. The van der Waals surface area contributed by atoms with E-state index >= 15 is 0 Å². The molecule has 0 atom stereocenters. The number of aromatic nitrogens is 2. The zero-order valence-electron chi connectivity index (χ0n) is 9.74. The summed E-state index contributed by atoms with van der Waals surface area (Å²) in [5.74, 6) is -0.584. The Morgan fingerprint density at radius 1 is 1.50 bits per heavy atom. The molecule has 0 radical (unpaired) electrons. The second-order valence-corrected chi connectivity index (χ2v) is 4.40. The lowest BCUT2D eigenvalue weighted by atomic mass is 10.1. The van der Waals surface area contributed by atoms with E-state index in [9.17, 15) is 4.39 Å². The number of nitrogen functional groups attached to an aromatic ring is 1. The normalized spacial score (nSPS) is 10.6. The summed E-state index contributed by atoms with van der Waals surface area (Å²) in [6.07, 6.45) is 1.54. The van der Waals surface area contributed by atoms with E-state index in [1.165, 1.54) is 12.1 Å². The van der Waals surface area contributed by atoms with Gasteiger partial charge in [0.15, 0.2) is 0 Å². The zero-order chi connectivity index (χ0) is 13.3. The molecule has 18 heavy (non-hydrogen) atoms. The van der Waals surface area contributed by atoms with Crippen molar-refractivity contribution in [1.29, 1.82) is 5.41 Å². The van der Waals surface area contributed by atoms with Crippen molar-refractivity contribution in [2.45, 2.75) is 13.5 Å². The van der Waals surface area contributed by atoms with E-state index < -0.39 is 5.82 Å². The topological polar surface area (TPSA) is 67.7 Å². The summed E-state index contributed by atoms with van der Waals surface area (Å²) in [5.41, 5.74) is 7.21. The Hall–Kier alpha value is -1.88. The summed E-state index contributed by atoms with van der Waals surface area (Å²) in [7, 11) is 0. The molecule has 0 aliphatic heterocycles. The molecule has 94 valence electrons. The summed E-state index contributed by atoms with van der Waals surface area (Å²) in [6, 6.07) is 4.29. The lowest BCUT2D eigenvalue weighted by Gasteiger charge is -2.07. The monoisotopic (exact) mass is 266 g/mol. The molecule has 0 saturated heterocycles. The highest BCUT2D eigenvalue weighted by atomic mass is 35.5. The maximum absolute atomic E-state index is 13.4. The van der Waals surface area contributed by atoms with Gasteiger partial charge in [0.05, 0.1) is 23.5 Å². The first-order valence-corrected chi connectivity index (χ1v) is 5.67. The molecule has 0 aliphatic carbocycles. The van der Waals surface area contributed by atoms with E-state index in [1.54, 1.807) is 16.9 Å². The molecule has 1 aromatic carbocycles. The average molecular weight is 267 g/mol. The molecule has 4 nitrogen and oxygen atoms in total. The molecule has 0 amide bonds. The summed E-state index contributed by atoms with van der Waals surface area (Å²) >= 11 is 5.90. The summed E-state index contributed by atoms with van der Waals surface area (Å²) in [5, 5.41) is 12.0. The van der Waals surface area contributed by atoms with Crippen LogP contribution in [0, 0.1) is 18.2 Å². The largest absolute Gasteiger partial charge is 0.384 e. The van der Waals surface area contributed by atoms with Gasteiger partial charge in [0, 0.05) is 5.56 Å². The standard InChI is InChI=1S/C12H12ClFN4/c1-7-11(13)5-17-18(7)6-8-2-9(12(15)16)4-10(14)3-8/h2-5H,6H2,1H3,(H3,15,16). The molecule has 0 fully saturated rings. The van der Waals surface area contributed by atoms with Gasteiger partial charge in [-0.25, -0.2) is 4.39 Å². The molecule has 2 rings (SSSR count). The third kappa shape index (κ3) is 2.51. The highest BCUT2D eigenvalue weighted by Gasteiger charge is 2.07. The minimum absolute atomic E-state index is 0.161. The fourth-order valence-electron chi connectivity index (χ4n) is 1.65. The molecular formula is C12H12ClFN4. The van der Waals surface area contributed by atoms with Gasteiger partial charge in [-0.1, -0.05) is 11.6 Å². The lowest BCUT2D eigenvalue weighted by molar-refractivity contribution is 0.616. The SMILES string of the molecule is Cc1c(Cl)cnn1Cc1cc(F)cc(C(=N)N)c1. The molecule has 2 aromatic rings. The minimum atomic E-state index is -0.423. The van der Waals surface area contributed by atoms with Crippen molar-refractivity contribution in [3.05, 3.63) is 52.1 Å². The van der Waals surface area contributed by atoms with Crippen molar-refractivity contribution in [3.8, 4) is 0 Å². The van der Waals surface area contributed by atoms with Gasteiger partial charge in [0.1, 0.15) is 11.7 Å². The van der Waals surface area contributed by atoms with Crippen LogP contribution in [0.25, 0.3) is 0 Å². The molecule has 6 heteroatoms. The van der Waals surface area contributed by atoms with E-state index in [2.05, 4.69) is 5.10 Å². The quantitative estimate of drug-likeness (QED) is 0.661. The van der Waals surface area contributed by atoms with Crippen molar-refractivity contribution in [1.82, 2.24) is 9.78 Å². The van der Waals surface area contributed by atoms with E-state index in [1.807, 2.05) is 6.92 Å². The average Bonchev–Trinajstić information content (AvgIpc) is 2.60. The number of hydrogen-bond donors (Lipinski definition) is 2. The number of nitrogens with zero attached hydrogens (tertiary/aromatic N) is 2. The van der Waals surface area contributed by atoms with Gasteiger partial charge in [0.25, 0.3) is 0 Å². The minimum Gasteiger partial charge on any atom is -0.384 e. The molecule has 0 spiro atoms. The fraction of sp³-hybridized carbons (Fsp3) is 0.167. The van der Waals surface area contributed by atoms with Crippen molar-refractivity contribution in [2.24, 2.45) is 5.73 Å². The van der Waals surface area contributed by atoms with Crippen LogP contribution in [0.15, 0.2) is 24.4 Å². The second-order valence-electron chi connectivity index (χ2n) is 4.00. The number of nitrogens with two attached hydrogens (primary N) is 1. The van der Waals surface area contributed by atoms with Gasteiger partial charge < -0.3 is 5.73 Å². The summed E-state index contributed by atoms with van der Waals surface area (Å²) in [4.78, 5) is 0. The third-order valence-electron chi connectivity index (χ3n) is 2.64. The van der Waals surface area contributed by atoms with E-state index in [0.29, 0.717) is 22.7 Å². The zero-order valence-corrected chi connectivity index (χ0v) is 10.5. The molecule has 3 N–H and O–H groups in total. The summed E-state index contributed by atoms with van der Waals surface area (Å²) in [6.45, 7) is 2.22. The summed E-state index contributed by atoms with van der Waals surface area (Å²) < 4.78 is 15.1. The Balaban J connectivity index is 2.34. The Bertz CT molecular complexity index is 606. The fourth-order valence-corrected chi connectivity index (χ4v) is 1.79. The Morgan fingerprint density at radius 3 is 2.78 bits per heavy atom. The van der Waals surface area contributed by atoms with Crippen LogP contribution in [-0.2, 0) is 6.54 Å². The van der Waals surface area contributed by atoms with E-state index in [0.717, 1.165) is 5.69 Å². The van der Waals surface area contributed by atoms with Gasteiger partial charge >= 0.3 is 0 Å². The third-order valence-corrected chi connectivity index (χ3v) is 3.02. The Labute approximate surface area is 109 Å². The number of nitrogens with one attached hydrogen (secondary N) is 1. The first kappa shape index (κ1) is 12.6. The predicted octanol–water partition coefficient (Wildman–Crippen LogP) is 2.32. The van der Waals surface area contributed by atoms with Crippen LogP contribution < -0.4 is 5.73 Å². The smallest absolute Gasteiger partial charge is 0.124 e. The predicted molar refractivity (Wildman–Crippen MR) is 68.5 cm³/mol. The van der Waals surface area contributed by atoms with E-state index in [4.69, 9.17) is 22.7 Å². The lowest BCUT2D eigenvalue weighted by Crippen LogP contribution is -2.12. The van der Waals surface area contributed by atoms with Gasteiger partial charge in [0.2, 0.25) is 0 Å². The highest BCUT2D eigenvalue weighted by molar-refractivity contribution is 6.31. The van der Waals surface area contributed by atoms with Gasteiger partial charge in [-0.2, -0.15) is 5.10 Å². The van der Waals surface area contributed by atoms with Crippen molar-refractivity contribution >= 4 is 17.4 Å². The second kappa shape index (κ2) is 4.78. The van der Waals surface area contributed by atoms with E-state index in [-0.39, 0.29) is 5.84 Å². The molecule has 0 saturated carbocycles. The van der Waals surface area contributed by atoms with Crippen LogP contribution in [0.2, 0.25) is 5.02 Å². The molecular weight excluding hydrogens is 255 g/mol. The number of halogens is 2. The van der Waals surface area contributed by atoms with Crippen molar-refractivity contribution in [3.63, 3.8) is 0 Å². The van der Waals surface area contributed by atoms with Crippen molar-refractivity contribution < 1.29 is 4.39 Å². The van der Waals surface area contributed by atoms with Gasteiger partial charge in [-0.15, -0.1) is 0 Å². The van der Waals surface area contributed by atoms with Gasteiger partial charge in [-0.3, -0.25) is 10.1 Å². The van der Waals surface area contributed by atoms with Gasteiger partial charge in [-0.05, 0) is 30.7 Å². The molecule has 0 bridgehead atoms. The van der Waals surface area contributed by atoms with Crippen LogP contribution in [0.5, 0.6) is 0 Å². The van der Waals surface area contributed by atoms with Crippen LogP contribution in [0.1, 0.15) is 16.8 Å².